The number of hydrogen-bond acceptors (Lipinski definition) is 2. The number of hydrogen-bond donors (Lipinski definition) is 1. The lowest BCUT2D eigenvalue weighted by atomic mass is 9.81. The van der Waals surface area contributed by atoms with Gasteiger partial charge in [0.05, 0.1) is 7.11 Å². The average molecular weight is 259 g/mol. The normalized spacial score (nSPS) is 20.0. The van der Waals surface area contributed by atoms with E-state index in [0.717, 1.165) is 25.0 Å². The highest BCUT2D eigenvalue weighted by atomic mass is 16.5. The van der Waals surface area contributed by atoms with E-state index in [1.54, 1.807) is 18.2 Å². The summed E-state index contributed by atoms with van der Waals surface area (Å²) in [5.74, 6) is 1.11. The van der Waals surface area contributed by atoms with Crippen LogP contribution in [-0.2, 0) is 19.3 Å². The molecule has 0 amide bonds. The van der Waals surface area contributed by atoms with E-state index in [0.29, 0.717) is 0 Å². The molecule has 0 atom stereocenters. The lowest BCUT2D eigenvalue weighted by molar-refractivity contribution is 0.402. The van der Waals surface area contributed by atoms with Crippen molar-refractivity contribution in [2.45, 2.75) is 64.3 Å². The summed E-state index contributed by atoms with van der Waals surface area (Å²) in [6.07, 6.45) is 8.39. The lowest BCUT2D eigenvalue weighted by Gasteiger charge is -2.27. The predicted molar refractivity (Wildman–Crippen MR) is 79.0 cm³/mol. The highest BCUT2D eigenvalue weighted by molar-refractivity contribution is 5.56. The van der Waals surface area contributed by atoms with Crippen LogP contribution in [0.5, 0.6) is 5.75 Å². The second-order valence-corrected chi connectivity index (χ2v) is 6.47. The van der Waals surface area contributed by atoms with Crippen molar-refractivity contribution in [2.75, 3.05) is 7.11 Å². The fraction of sp³-hybridized carbons (Fsp3) is 0.647. The molecule has 0 radical (unpaired) electrons. The first kappa shape index (κ1) is 13.0. The Labute approximate surface area is 116 Å². The molecule has 0 aromatic heterocycles. The molecule has 1 fully saturated rings. The maximum atomic E-state index is 6.34. The smallest absolute Gasteiger partial charge is 0.125 e. The van der Waals surface area contributed by atoms with Gasteiger partial charge in [0.15, 0.2) is 0 Å². The molecule has 0 spiro atoms. The Morgan fingerprint density at radius 2 is 1.63 bits per heavy atom. The zero-order valence-corrected chi connectivity index (χ0v) is 12.4. The fourth-order valence-corrected chi connectivity index (χ4v) is 3.63. The van der Waals surface area contributed by atoms with Gasteiger partial charge in [-0.1, -0.05) is 0 Å². The minimum Gasteiger partial charge on any atom is -0.496 e. The highest BCUT2D eigenvalue weighted by Crippen LogP contribution is 2.43. The minimum absolute atomic E-state index is 0.0490. The zero-order valence-electron chi connectivity index (χ0n) is 12.4. The van der Waals surface area contributed by atoms with Crippen LogP contribution in [0, 0.1) is 13.8 Å². The zero-order chi connectivity index (χ0) is 13.6. The van der Waals surface area contributed by atoms with Crippen molar-refractivity contribution in [3.05, 3.63) is 27.8 Å². The van der Waals surface area contributed by atoms with Gasteiger partial charge in [-0.15, -0.1) is 0 Å². The van der Waals surface area contributed by atoms with Crippen LogP contribution in [0.2, 0.25) is 0 Å². The number of rotatable bonds is 3. The molecule has 0 heterocycles. The van der Waals surface area contributed by atoms with Crippen molar-refractivity contribution < 1.29 is 4.74 Å². The van der Waals surface area contributed by atoms with Crippen LogP contribution in [0.15, 0.2) is 0 Å². The number of methoxy groups -OCH3 is 1. The van der Waals surface area contributed by atoms with Crippen LogP contribution >= 0.6 is 0 Å². The summed E-state index contributed by atoms with van der Waals surface area (Å²) in [6, 6.07) is 0. The number of nitrogens with two attached hydrogens (primary N) is 1. The molecule has 2 heteroatoms. The Morgan fingerprint density at radius 1 is 1.05 bits per heavy atom. The van der Waals surface area contributed by atoms with E-state index >= 15 is 0 Å². The van der Waals surface area contributed by atoms with E-state index in [1.807, 2.05) is 0 Å². The molecule has 1 aromatic carbocycles. The Kier molecular flexibility index (Phi) is 3.09. The summed E-state index contributed by atoms with van der Waals surface area (Å²) in [6.45, 7) is 4.50. The third-order valence-corrected chi connectivity index (χ3v) is 5.07. The molecule has 1 saturated carbocycles. The number of ether oxygens (including phenoxy) is 1. The van der Waals surface area contributed by atoms with Crippen LogP contribution in [0.25, 0.3) is 0 Å². The molecule has 2 aliphatic carbocycles. The van der Waals surface area contributed by atoms with E-state index < -0.39 is 0 Å². The fourth-order valence-electron chi connectivity index (χ4n) is 3.63. The third-order valence-electron chi connectivity index (χ3n) is 5.07. The summed E-state index contributed by atoms with van der Waals surface area (Å²) < 4.78 is 5.74. The molecule has 2 N–H and O–H groups in total. The van der Waals surface area contributed by atoms with Crippen molar-refractivity contribution in [3.8, 4) is 5.75 Å². The Hall–Kier alpha value is -1.02. The summed E-state index contributed by atoms with van der Waals surface area (Å²) in [5, 5.41) is 0. The number of benzene rings is 1. The summed E-state index contributed by atoms with van der Waals surface area (Å²) in [5.41, 5.74) is 13.7. The largest absolute Gasteiger partial charge is 0.496 e. The van der Waals surface area contributed by atoms with Crippen molar-refractivity contribution >= 4 is 0 Å². The molecule has 2 nitrogen and oxygen atoms in total. The van der Waals surface area contributed by atoms with Crippen molar-refractivity contribution in [1.29, 1.82) is 0 Å². The topological polar surface area (TPSA) is 35.2 Å². The molecular formula is C17H25NO. The second-order valence-electron chi connectivity index (χ2n) is 6.47. The molecule has 19 heavy (non-hydrogen) atoms. The molecule has 0 saturated heterocycles. The van der Waals surface area contributed by atoms with Gasteiger partial charge in [0.25, 0.3) is 0 Å². The van der Waals surface area contributed by atoms with Crippen LogP contribution in [0.4, 0.5) is 0 Å². The van der Waals surface area contributed by atoms with Crippen molar-refractivity contribution in [3.63, 3.8) is 0 Å². The summed E-state index contributed by atoms with van der Waals surface area (Å²) in [7, 11) is 1.80. The Bertz CT molecular complexity index is 515. The van der Waals surface area contributed by atoms with Crippen molar-refractivity contribution in [2.24, 2.45) is 5.73 Å². The van der Waals surface area contributed by atoms with Gasteiger partial charge in [0, 0.05) is 5.54 Å². The first-order valence-electron chi connectivity index (χ1n) is 7.52. The summed E-state index contributed by atoms with van der Waals surface area (Å²) in [4.78, 5) is 0. The molecule has 2 aliphatic rings. The maximum absolute atomic E-state index is 6.34. The van der Waals surface area contributed by atoms with E-state index in [4.69, 9.17) is 10.5 Å². The van der Waals surface area contributed by atoms with E-state index in [2.05, 4.69) is 13.8 Å². The van der Waals surface area contributed by atoms with E-state index in [9.17, 15) is 0 Å². The molecule has 1 aromatic rings. The van der Waals surface area contributed by atoms with Gasteiger partial charge in [-0.3, -0.25) is 0 Å². The lowest BCUT2D eigenvalue weighted by Crippen LogP contribution is -2.26. The molecule has 0 unspecified atom stereocenters. The van der Waals surface area contributed by atoms with Crippen LogP contribution < -0.4 is 10.5 Å². The van der Waals surface area contributed by atoms with Gasteiger partial charge in [-0.05, 0) is 86.6 Å². The maximum Gasteiger partial charge on any atom is 0.125 e. The molecule has 0 aliphatic heterocycles. The predicted octanol–water partition coefficient (Wildman–Crippen LogP) is 3.22. The highest BCUT2D eigenvalue weighted by Gasteiger charge is 2.39. The van der Waals surface area contributed by atoms with Crippen LogP contribution in [0.3, 0.4) is 0 Å². The van der Waals surface area contributed by atoms with Gasteiger partial charge in [0.1, 0.15) is 5.75 Å². The monoisotopic (exact) mass is 259 g/mol. The van der Waals surface area contributed by atoms with E-state index in [-0.39, 0.29) is 5.54 Å². The van der Waals surface area contributed by atoms with Gasteiger partial charge >= 0.3 is 0 Å². The van der Waals surface area contributed by atoms with Crippen LogP contribution in [-0.4, -0.2) is 12.6 Å². The molecule has 0 bridgehead atoms. The van der Waals surface area contributed by atoms with Gasteiger partial charge in [0.2, 0.25) is 0 Å². The minimum atomic E-state index is 0.0490. The Morgan fingerprint density at radius 3 is 2.16 bits per heavy atom. The van der Waals surface area contributed by atoms with Crippen molar-refractivity contribution in [1.82, 2.24) is 0 Å². The van der Waals surface area contributed by atoms with Gasteiger partial charge in [-0.2, -0.15) is 0 Å². The third kappa shape index (κ3) is 2.16. The quantitative estimate of drug-likeness (QED) is 0.904. The van der Waals surface area contributed by atoms with Gasteiger partial charge in [-0.25, -0.2) is 0 Å². The first-order chi connectivity index (χ1) is 9.06. The van der Waals surface area contributed by atoms with E-state index in [1.165, 1.54) is 42.4 Å². The average Bonchev–Trinajstić information content (AvgIpc) is 3.14. The van der Waals surface area contributed by atoms with Gasteiger partial charge < -0.3 is 10.5 Å². The molecule has 104 valence electrons. The second kappa shape index (κ2) is 4.52. The standard InChI is InChI=1S/C17H25NO/c1-11-13-6-4-5-7-14(13)12(2)16(19-3)15(11)10-17(18)8-9-17/h4-10,18H2,1-3H3. The Balaban J connectivity index is 2.13. The molecule has 3 rings (SSSR count). The first-order valence-corrected chi connectivity index (χ1v) is 7.52. The molecular weight excluding hydrogens is 234 g/mol. The summed E-state index contributed by atoms with van der Waals surface area (Å²) >= 11 is 0. The number of fused-ring (bicyclic) bond motifs is 1. The van der Waals surface area contributed by atoms with Crippen LogP contribution in [0.1, 0.15) is 53.5 Å². The SMILES string of the molecule is COc1c(C)c2c(c(C)c1CC1(N)CC1)CCCC2.